The largest absolute Gasteiger partial charge is 0.348 e. The van der Waals surface area contributed by atoms with Crippen LogP contribution in [0.5, 0.6) is 0 Å². The SMILES string of the molecule is Cc1ccc(CSc2nc3cccnc3n2Cc2ccc(C(=O)NCc3ccccc3F)cc2)cc1. The van der Waals surface area contributed by atoms with Crippen molar-refractivity contribution in [2.24, 2.45) is 0 Å². The molecule has 0 bridgehead atoms. The number of thioether (sulfide) groups is 1. The fourth-order valence-corrected chi connectivity index (χ4v) is 4.84. The van der Waals surface area contributed by atoms with Crippen LogP contribution in [0.3, 0.4) is 0 Å². The lowest BCUT2D eigenvalue weighted by atomic mass is 10.1. The number of hydrogen-bond donors (Lipinski definition) is 1. The zero-order valence-electron chi connectivity index (χ0n) is 19.8. The third-order valence-corrected chi connectivity index (χ3v) is 6.96. The van der Waals surface area contributed by atoms with Crippen LogP contribution in [0.25, 0.3) is 11.2 Å². The molecule has 5 nitrogen and oxygen atoms in total. The Balaban J connectivity index is 1.30. The van der Waals surface area contributed by atoms with Crippen LogP contribution < -0.4 is 5.32 Å². The van der Waals surface area contributed by atoms with Gasteiger partial charge in [-0.1, -0.05) is 71.9 Å². The Morgan fingerprint density at radius 2 is 1.69 bits per heavy atom. The maximum atomic E-state index is 13.8. The van der Waals surface area contributed by atoms with E-state index in [0.717, 1.165) is 27.6 Å². The highest BCUT2D eigenvalue weighted by Gasteiger charge is 2.14. The van der Waals surface area contributed by atoms with E-state index in [9.17, 15) is 9.18 Å². The van der Waals surface area contributed by atoms with Crippen molar-refractivity contribution < 1.29 is 9.18 Å². The second-order valence-corrected chi connectivity index (χ2v) is 9.51. The summed E-state index contributed by atoms with van der Waals surface area (Å²) in [7, 11) is 0. The lowest BCUT2D eigenvalue weighted by Crippen LogP contribution is -2.23. The molecule has 0 saturated carbocycles. The Bertz CT molecular complexity index is 1500. The molecule has 180 valence electrons. The van der Waals surface area contributed by atoms with E-state index in [-0.39, 0.29) is 18.3 Å². The van der Waals surface area contributed by atoms with E-state index >= 15 is 0 Å². The Kier molecular flexibility index (Phi) is 7.09. The smallest absolute Gasteiger partial charge is 0.251 e. The number of hydrogen-bond acceptors (Lipinski definition) is 4. The number of carbonyl (C=O) groups excluding carboxylic acids is 1. The molecule has 5 aromatic rings. The molecule has 0 radical (unpaired) electrons. The number of carbonyl (C=O) groups is 1. The third-order valence-electron chi connectivity index (χ3n) is 5.91. The highest BCUT2D eigenvalue weighted by molar-refractivity contribution is 7.98. The second kappa shape index (κ2) is 10.7. The summed E-state index contributed by atoms with van der Waals surface area (Å²) in [5.41, 5.74) is 6.18. The van der Waals surface area contributed by atoms with E-state index in [2.05, 4.69) is 46.1 Å². The normalized spacial score (nSPS) is 11.1. The summed E-state index contributed by atoms with van der Waals surface area (Å²) in [6.07, 6.45) is 1.78. The molecule has 0 saturated heterocycles. The van der Waals surface area contributed by atoms with Crippen LogP contribution in [-0.2, 0) is 18.8 Å². The summed E-state index contributed by atoms with van der Waals surface area (Å²) >= 11 is 1.68. The first-order valence-electron chi connectivity index (χ1n) is 11.7. The van der Waals surface area contributed by atoms with Gasteiger partial charge in [0.05, 0.1) is 6.54 Å². The van der Waals surface area contributed by atoms with Crippen molar-refractivity contribution in [3.05, 3.63) is 125 Å². The summed E-state index contributed by atoms with van der Waals surface area (Å²) in [4.78, 5) is 21.9. The summed E-state index contributed by atoms with van der Waals surface area (Å²) in [5.74, 6) is 0.240. The lowest BCUT2D eigenvalue weighted by Gasteiger charge is -2.10. The molecule has 0 aliphatic carbocycles. The number of imidazole rings is 1. The summed E-state index contributed by atoms with van der Waals surface area (Å²) in [6, 6.07) is 26.3. The fraction of sp³-hybridized carbons (Fsp3) is 0.138. The van der Waals surface area contributed by atoms with Gasteiger partial charge in [-0.2, -0.15) is 0 Å². The first-order valence-corrected chi connectivity index (χ1v) is 12.7. The van der Waals surface area contributed by atoms with Crippen LogP contribution in [0.15, 0.2) is 96.3 Å². The standard InChI is InChI=1S/C29H25FN4OS/c1-20-8-10-22(11-9-20)19-36-29-33-26-7-4-16-31-27(26)34(29)18-21-12-14-23(15-13-21)28(35)32-17-24-5-2-3-6-25(24)30/h2-16H,17-19H2,1H3,(H,32,35). The zero-order chi connectivity index (χ0) is 24.9. The third kappa shape index (κ3) is 5.47. The van der Waals surface area contributed by atoms with Crippen molar-refractivity contribution in [1.29, 1.82) is 0 Å². The van der Waals surface area contributed by atoms with Gasteiger partial charge in [-0.25, -0.2) is 14.4 Å². The Hall–Kier alpha value is -3.97. The minimum Gasteiger partial charge on any atom is -0.348 e. The number of halogens is 1. The van der Waals surface area contributed by atoms with Gasteiger partial charge in [0.2, 0.25) is 0 Å². The number of fused-ring (bicyclic) bond motifs is 1. The fourth-order valence-electron chi connectivity index (χ4n) is 3.89. The number of amides is 1. The van der Waals surface area contributed by atoms with Crippen molar-refractivity contribution in [1.82, 2.24) is 19.9 Å². The van der Waals surface area contributed by atoms with Gasteiger partial charge >= 0.3 is 0 Å². The molecule has 36 heavy (non-hydrogen) atoms. The molecular formula is C29H25FN4OS. The monoisotopic (exact) mass is 496 g/mol. The number of aryl methyl sites for hydroxylation is 1. The average molecular weight is 497 g/mol. The Morgan fingerprint density at radius 3 is 2.47 bits per heavy atom. The first-order chi connectivity index (χ1) is 17.6. The van der Waals surface area contributed by atoms with Gasteiger partial charge in [0, 0.05) is 29.6 Å². The van der Waals surface area contributed by atoms with Gasteiger partial charge in [0.15, 0.2) is 10.8 Å². The molecular weight excluding hydrogens is 471 g/mol. The van der Waals surface area contributed by atoms with E-state index in [4.69, 9.17) is 4.98 Å². The van der Waals surface area contributed by atoms with E-state index in [1.54, 1.807) is 48.3 Å². The van der Waals surface area contributed by atoms with Crippen LogP contribution in [0.4, 0.5) is 4.39 Å². The van der Waals surface area contributed by atoms with Crippen LogP contribution in [0.1, 0.15) is 32.6 Å². The summed E-state index contributed by atoms with van der Waals surface area (Å²) in [5, 5.41) is 3.68. The number of nitrogens with zero attached hydrogens (tertiary/aromatic N) is 3. The molecule has 3 aromatic carbocycles. The minimum atomic E-state index is -0.328. The molecule has 5 rings (SSSR count). The molecule has 0 unspecified atom stereocenters. The molecule has 2 aromatic heterocycles. The van der Waals surface area contributed by atoms with Crippen LogP contribution >= 0.6 is 11.8 Å². The van der Waals surface area contributed by atoms with Gasteiger partial charge in [0.1, 0.15) is 11.3 Å². The predicted octanol–water partition coefficient (Wildman–Crippen LogP) is 6.15. The summed E-state index contributed by atoms with van der Waals surface area (Å²) < 4.78 is 15.9. The Morgan fingerprint density at radius 1 is 0.944 bits per heavy atom. The topological polar surface area (TPSA) is 59.8 Å². The van der Waals surface area contributed by atoms with Gasteiger partial charge in [-0.3, -0.25) is 9.36 Å². The number of nitrogens with one attached hydrogen (secondary N) is 1. The average Bonchev–Trinajstić information content (AvgIpc) is 3.25. The van der Waals surface area contributed by atoms with Crippen LogP contribution in [0.2, 0.25) is 0 Å². The van der Waals surface area contributed by atoms with Crippen LogP contribution in [0, 0.1) is 12.7 Å². The van der Waals surface area contributed by atoms with Crippen molar-refractivity contribution in [2.75, 3.05) is 0 Å². The highest BCUT2D eigenvalue weighted by Crippen LogP contribution is 2.27. The number of benzene rings is 3. The van der Waals surface area contributed by atoms with Crippen molar-refractivity contribution in [3.63, 3.8) is 0 Å². The molecule has 0 atom stereocenters. The van der Waals surface area contributed by atoms with Gasteiger partial charge < -0.3 is 5.32 Å². The quantitative estimate of drug-likeness (QED) is 0.262. The van der Waals surface area contributed by atoms with E-state index < -0.39 is 0 Å². The molecule has 0 aliphatic heterocycles. The van der Waals surface area contributed by atoms with Gasteiger partial charge in [-0.15, -0.1) is 0 Å². The van der Waals surface area contributed by atoms with Crippen molar-refractivity contribution in [2.45, 2.75) is 30.9 Å². The Labute approximate surface area is 213 Å². The molecule has 7 heteroatoms. The maximum absolute atomic E-state index is 13.8. The summed E-state index contributed by atoms with van der Waals surface area (Å²) in [6.45, 7) is 2.81. The van der Waals surface area contributed by atoms with Gasteiger partial charge in [-0.05, 0) is 48.4 Å². The number of aromatic nitrogens is 3. The van der Waals surface area contributed by atoms with E-state index in [1.165, 1.54) is 17.2 Å². The lowest BCUT2D eigenvalue weighted by molar-refractivity contribution is 0.0950. The molecule has 0 aliphatic rings. The second-order valence-electron chi connectivity index (χ2n) is 8.57. The first kappa shape index (κ1) is 23.8. The van der Waals surface area contributed by atoms with E-state index in [1.807, 2.05) is 24.3 Å². The zero-order valence-corrected chi connectivity index (χ0v) is 20.6. The maximum Gasteiger partial charge on any atom is 0.251 e. The molecule has 0 spiro atoms. The van der Waals surface area contributed by atoms with Crippen LogP contribution in [-0.4, -0.2) is 20.4 Å². The molecule has 1 amide bonds. The number of rotatable bonds is 8. The van der Waals surface area contributed by atoms with Gasteiger partial charge in [0.25, 0.3) is 5.91 Å². The molecule has 1 N–H and O–H groups in total. The molecule has 0 fully saturated rings. The predicted molar refractivity (Wildman–Crippen MR) is 141 cm³/mol. The minimum absolute atomic E-state index is 0.140. The highest BCUT2D eigenvalue weighted by atomic mass is 32.2. The number of pyridine rings is 1. The molecule has 2 heterocycles. The van der Waals surface area contributed by atoms with Crippen molar-refractivity contribution >= 4 is 28.8 Å². The van der Waals surface area contributed by atoms with Crippen molar-refractivity contribution in [3.8, 4) is 0 Å². The van der Waals surface area contributed by atoms with E-state index in [0.29, 0.717) is 17.7 Å².